The second-order valence-corrected chi connectivity index (χ2v) is 8.09. The molecule has 5 N–H and O–H groups in total. The fraction of sp³-hybridized carbons (Fsp3) is 0.292. The number of alkyl halides is 3. The average Bonchev–Trinajstić information content (AvgIpc) is 3.25. The number of nitrogens with one attached hydrogen (secondary N) is 1. The highest BCUT2D eigenvalue weighted by atomic mass is 19.4. The van der Waals surface area contributed by atoms with Crippen molar-refractivity contribution >= 4 is 18.1 Å². The second kappa shape index (κ2) is 13.0. The number of carbonyl (C=O) groups is 2. The van der Waals surface area contributed by atoms with E-state index in [0.717, 1.165) is 23.0 Å². The van der Waals surface area contributed by atoms with Crippen LogP contribution in [0.5, 0.6) is 0 Å². The van der Waals surface area contributed by atoms with Crippen molar-refractivity contribution in [2.75, 3.05) is 32.0 Å². The van der Waals surface area contributed by atoms with Crippen LogP contribution in [0.4, 0.5) is 27.8 Å². The molecule has 1 unspecified atom stereocenters. The predicted octanol–water partition coefficient (Wildman–Crippen LogP) is 2.20. The SMILES string of the molecule is Cc1ccccc1F.Nc1c(C(=O)NCC(O)(CN(C=O)CCO)C(F)(F)F)cnn1-c1ccc(F)cc1. The topological polar surface area (TPSA) is 134 Å². The van der Waals surface area contributed by atoms with E-state index < -0.39 is 49.7 Å². The molecule has 0 saturated carbocycles. The number of aliphatic hydroxyl groups is 2. The van der Waals surface area contributed by atoms with E-state index >= 15 is 0 Å². The van der Waals surface area contributed by atoms with E-state index in [0.29, 0.717) is 16.2 Å². The molecule has 14 heteroatoms. The van der Waals surface area contributed by atoms with Crippen molar-refractivity contribution in [2.24, 2.45) is 0 Å². The van der Waals surface area contributed by atoms with E-state index in [1.807, 2.05) is 11.4 Å². The Bertz CT molecular complexity index is 1200. The van der Waals surface area contributed by atoms with Crippen LogP contribution < -0.4 is 11.1 Å². The van der Waals surface area contributed by atoms with Gasteiger partial charge >= 0.3 is 6.18 Å². The number of aromatic nitrogens is 2. The number of nitrogens with two attached hydrogens (primary N) is 1. The molecule has 1 aromatic heterocycles. The fourth-order valence-electron chi connectivity index (χ4n) is 3.07. The maximum Gasteiger partial charge on any atom is 0.420 e. The lowest BCUT2D eigenvalue weighted by atomic mass is 10.0. The number of rotatable bonds is 9. The molecule has 9 nitrogen and oxygen atoms in total. The number of aliphatic hydroxyl groups excluding tert-OH is 1. The van der Waals surface area contributed by atoms with Crippen molar-refractivity contribution in [3.05, 3.63) is 77.5 Å². The first-order valence-electron chi connectivity index (χ1n) is 11.0. The molecule has 1 atom stereocenters. The van der Waals surface area contributed by atoms with Gasteiger partial charge in [-0.15, -0.1) is 0 Å². The van der Waals surface area contributed by atoms with Gasteiger partial charge in [0.2, 0.25) is 6.41 Å². The first kappa shape index (κ1) is 30.2. The molecule has 0 aliphatic carbocycles. The van der Waals surface area contributed by atoms with Crippen LogP contribution in [0, 0.1) is 18.6 Å². The monoisotopic (exact) mass is 543 g/mol. The fourth-order valence-corrected chi connectivity index (χ4v) is 3.07. The Labute approximate surface area is 214 Å². The summed E-state index contributed by atoms with van der Waals surface area (Å²) in [6.45, 7) is -1.79. The first-order chi connectivity index (χ1) is 17.8. The Hall–Kier alpha value is -4.04. The zero-order valence-electron chi connectivity index (χ0n) is 20.1. The van der Waals surface area contributed by atoms with Gasteiger partial charge in [-0.2, -0.15) is 18.3 Å². The molecule has 0 saturated heterocycles. The Balaban J connectivity index is 0.000000538. The van der Waals surface area contributed by atoms with Gasteiger partial charge in [-0.25, -0.2) is 13.5 Å². The number of nitrogens with zero attached hydrogens (tertiary/aromatic N) is 3. The summed E-state index contributed by atoms with van der Waals surface area (Å²) >= 11 is 0. The molecule has 0 bridgehead atoms. The minimum absolute atomic E-state index is 0.0411. The summed E-state index contributed by atoms with van der Waals surface area (Å²) in [5, 5.41) is 24.6. The van der Waals surface area contributed by atoms with Crippen LogP contribution in [-0.4, -0.2) is 75.2 Å². The Morgan fingerprint density at radius 2 is 1.79 bits per heavy atom. The van der Waals surface area contributed by atoms with Crippen molar-refractivity contribution in [1.82, 2.24) is 20.0 Å². The van der Waals surface area contributed by atoms with E-state index in [2.05, 4.69) is 5.10 Å². The van der Waals surface area contributed by atoms with E-state index in [-0.39, 0.29) is 23.6 Å². The third-order valence-electron chi connectivity index (χ3n) is 5.27. The van der Waals surface area contributed by atoms with Crippen LogP contribution >= 0.6 is 0 Å². The first-order valence-corrected chi connectivity index (χ1v) is 11.0. The van der Waals surface area contributed by atoms with Gasteiger partial charge in [0.1, 0.15) is 23.0 Å². The average molecular weight is 543 g/mol. The molecule has 3 aromatic rings. The van der Waals surface area contributed by atoms with E-state index in [9.17, 15) is 36.6 Å². The second-order valence-electron chi connectivity index (χ2n) is 8.09. The van der Waals surface area contributed by atoms with Crippen molar-refractivity contribution in [3.8, 4) is 5.69 Å². The number of carbonyl (C=O) groups excluding carboxylic acids is 2. The summed E-state index contributed by atoms with van der Waals surface area (Å²) in [4.78, 5) is 23.7. The number of aryl methyl sites for hydroxylation is 1. The van der Waals surface area contributed by atoms with Gasteiger partial charge in [-0.3, -0.25) is 9.59 Å². The van der Waals surface area contributed by atoms with Crippen LogP contribution in [0.25, 0.3) is 5.69 Å². The normalized spacial score (nSPS) is 12.6. The lowest BCUT2D eigenvalue weighted by Crippen LogP contribution is -2.59. The summed E-state index contributed by atoms with van der Waals surface area (Å²) in [5.74, 6) is -1.92. The summed E-state index contributed by atoms with van der Waals surface area (Å²) in [5.41, 5.74) is 3.09. The summed E-state index contributed by atoms with van der Waals surface area (Å²) < 4.78 is 66.5. The molecular formula is C24H26F5N5O4. The maximum absolute atomic E-state index is 13.4. The molecule has 0 radical (unpaired) electrons. The number of benzene rings is 2. The molecule has 2 amide bonds. The highest BCUT2D eigenvalue weighted by Crippen LogP contribution is 2.31. The van der Waals surface area contributed by atoms with Crippen LogP contribution in [-0.2, 0) is 4.79 Å². The van der Waals surface area contributed by atoms with Gasteiger partial charge in [0, 0.05) is 6.54 Å². The highest BCUT2D eigenvalue weighted by molar-refractivity contribution is 5.98. The van der Waals surface area contributed by atoms with Gasteiger partial charge in [0.05, 0.1) is 31.6 Å². The minimum atomic E-state index is -5.19. The van der Waals surface area contributed by atoms with Gasteiger partial charge in [-0.05, 0) is 42.8 Å². The molecule has 2 aromatic carbocycles. The Kier molecular flexibility index (Phi) is 10.3. The highest BCUT2D eigenvalue weighted by Gasteiger charge is 2.54. The zero-order chi connectivity index (χ0) is 28.5. The number of nitrogen functional groups attached to an aromatic ring is 1. The van der Waals surface area contributed by atoms with Crippen LogP contribution in [0.3, 0.4) is 0 Å². The summed E-state index contributed by atoms with van der Waals surface area (Å²) in [6, 6.07) is 11.6. The van der Waals surface area contributed by atoms with Crippen LogP contribution in [0.1, 0.15) is 15.9 Å². The molecule has 0 aliphatic heterocycles. The smallest absolute Gasteiger partial charge is 0.395 e. The molecule has 1 heterocycles. The number of halogens is 5. The van der Waals surface area contributed by atoms with Gasteiger partial charge < -0.3 is 26.2 Å². The Morgan fingerprint density at radius 1 is 1.16 bits per heavy atom. The van der Waals surface area contributed by atoms with E-state index in [1.165, 1.54) is 18.2 Å². The van der Waals surface area contributed by atoms with Gasteiger partial charge in [0.25, 0.3) is 5.91 Å². The molecule has 3 rings (SSSR count). The molecule has 0 aliphatic rings. The quantitative estimate of drug-likeness (QED) is 0.242. The molecule has 206 valence electrons. The van der Waals surface area contributed by atoms with Gasteiger partial charge in [-0.1, -0.05) is 18.2 Å². The molecule has 0 spiro atoms. The number of amides is 2. The number of hydrogen-bond donors (Lipinski definition) is 4. The Morgan fingerprint density at radius 3 is 2.29 bits per heavy atom. The lowest BCUT2D eigenvalue weighted by Gasteiger charge is -2.34. The third-order valence-corrected chi connectivity index (χ3v) is 5.27. The van der Waals surface area contributed by atoms with Crippen molar-refractivity contribution < 1.29 is 41.8 Å². The minimum Gasteiger partial charge on any atom is -0.395 e. The zero-order valence-corrected chi connectivity index (χ0v) is 20.1. The van der Waals surface area contributed by atoms with Crippen molar-refractivity contribution in [1.29, 1.82) is 0 Å². The maximum atomic E-state index is 13.4. The van der Waals surface area contributed by atoms with Crippen LogP contribution in [0.2, 0.25) is 0 Å². The number of anilines is 1. The lowest BCUT2D eigenvalue weighted by molar-refractivity contribution is -0.260. The standard InChI is InChI=1S/C17H19F4N5O4.C7H7F/c18-11-1-3-12(4-2-11)26-14(22)13(7-24-26)15(29)23-8-16(30,17(19,20)21)9-25(10-28)5-6-27;1-6-4-2-3-5-7(6)8/h1-4,7,10,27,30H,5-6,8-9,22H2,(H,23,29);2-5H,1H3. The molecule has 0 fully saturated rings. The molecular weight excluding hydrogens is 517 g/mol. The van der Waals surface area contributed by atoms with Crippen molar-refractivity contribution in [3.63, 3.8) is 0 Å². The largest absolute Gasteiger partial charge is 0.420 e. The predicted molar refractivity (Wildman–Crippen MR) is 127 cm³/mol. The third kappa shape index (κ3) is 7.73. The van der Waals surface area contributed by atoms with Gasteiger partial charge in [0.15, 0.2) is 5.60 Å². The van der Waals surface area contributed by atoms with E-state index in [1.54, 1.807) is 19.1 Å². The molecule has 38 heavy (non-hydrogen) atoms. The van der Waals surface area contributed by atoms with Crippen molar-refractivity contribution in [2.45, 2.75) is 18.7 Å². The van der Waals surface area contributed by atoms with Crippen LogP contribution in [0.15, 0.2) is 54.7 Å². The number of hydrogen-bond acceptors (Lipinski definition) is 6. The van der Waals surface area contributed by atoms with E-state index in [4.69, 9.17) is 10.8 Å². The summed E-state index contributed by atoms with van der Waals surface area (Å²) in [7, 11) is 0. The summed E-state index contributed by atoms with van der Waals surface area (Å²) in [6.07, 6.45) is -4.15.